The van der Waals surface area contributed by atoms with E-state index in [0.717, 1.165) is 11.3 Å². The van der Waals surface area contributed by atoms with Gasteiger partial charge in [-0.25, -0.2) is 4.98 Å². The van der Waals surface area contributed by atoms with Crippen molar-refractivity contribution in [3.63, 3.8) is 0 Å². The van der Waals surface area contributed by atoms with Gasteiger partial charge in [0.15, 0.2) is 16.6 Å². The summed E-state index contributed by atoms with van der Waals surface area (Å²) in [4.78, 5) is 15.9. The molecule has 3 aromatic rings. The van der Waals surface area contributed by atoms with Gasteiger partial charge in [0.1, 0.15) is 5.69 Å². The molecule has 0 saturated heterocycles. The van der Waals surface area contributed by atoms with Gasteiger partial charge in [-0.3, -0.25) is 4.79 Å². The summed E-state index contributed by atoms with van der Waals surface area (Å²) >= 11 is 0.918. The maximum absolute atomic E-state index is 12.2. The zero-order valence-corrected chi connectivity index (χ0v) is 19.2. The fourth-order valence-corrected chi connectivity index (χ4v) is 3.75. The van der Waals surface area contributed by atoms with Crippen molar-refractivity contribution < 1.29 is 50.8 Å². The van der Waals surface area contributed by atoms with Crippen molar-refractivity contribution in [2.24, 2.45) is 0 Å². The lowest BCUT2D eigenvalue weighted by Crippen LogP contribution is -2.40. The maximum atomic E-state index is 12.2. The highest BCUT2D eigenvalue weighted by Crippen LogP contribution is 2.50. The van der Waals surface area contributed by atoms with Crippen LogP contribution in [0.5, 0.6) is 28.7 Å². The summed E-state index contributed by atoms with van der Waals surface area (Å²) in [5.74, 6) is -11.3. The van der Waals surface area contributed by atoms with E-state index >= 15 is 0 Å². The van der Waals surface area contributed by atoms with E-state index < -0.39 is 52.8 Å². The molecule has 0 atom stereocenters. The predicted molar refractivity (Wildman–Crippen MR) is 125 cm³/mol. The van der Waals surface area contributed by atoms with Crippen molar-refractivity contribution >= 4 is 28.1 Å². The van der Waals surface area contributed by atoms with Gasteiger partial charge in [0.25, 0.3) is 11.7 Å². The van der Waals surface area contributed by atoms with Crippen molar-refractivity contribution in [1.82, 2.24) is 10.3 Å². The van der Waals surface area contributed by atoms with Crippen LogP contribution in [-0.4, -0.2) is 69.9 Å². The third-order valence-corrected chi connectivity index (χ3v) is 5.87. The Bertz CT molecular complexity index is 1230. The van der Waals surface area contributed by atoms with E-state index in [1.54, 1.807) is 0 Å². The van der Waals surface area contributed by atoms with Gasteiger partial charge in [-0.05, 0) is 25.1 Å². The van der Waals surface area contributed by atoms with E-state index in [0.29, 0.717) is 0 Å². The highest BCUT2D eigenvalue weighted by atomic mass is 32.1. The first-order valence-electron chi connectivity index (χ1n) is 10.2. The highest BCUT2D eigenvalue weighted by molar-refractivity contribution is 7.13. The van der Waals surface area contributed by atoms with Crippen LogP contribution in [0.3, 0.4) is 0 Å². The molecule has 0 radical (unpaired) electrons. The summed E-state index contributed by atoms with van der Waals surface area (Å²) in [6.07, 6.45) is -0.172. The molecule has 1 amide bonds. The van der Waals surface area contributed by atoms with Crippen LogP contribution in [-0.2, 0) is 22.8 Å². The second kappa shape index (κ2) is 10.0. The number of nitrogens with one attached hydrogen (secondary N) is 2. The first kappa shape index (κ1) is 26.7. The Morgan fingerprint density at radius 1 is 0.917 bits per heavy atom. The Kier molecular flexibility index (Phi) is 7.44. The van der Waals surface area contributed by atoms with Gasteiger partial charge in [0.2, 0.25) is 23.0 Å². The standard InChI is InChI=1S/C21H24N4O10S/c22-19-25-12(7-36-19)21(34,35)18(31)24-10-3-1-9(2-4-10)20(32,33)8-23-6-5-11-13(26)15(28)17(30)16(29)14(11)27/h1-4,7,23,26-30,32-35H,5-6,8H2,(H2,22,25)(H,24,31). The molecule has 0 aliphatic carbocycles. The van der Waals surface area contributed by atoms with Crippen molar-refractivity contribution in [3.05, 3.63) is 46.5 Å². The largest absolute Gasteiger partial charge is 0.504 e. The first-order chi connectivity index (χ1) is 16.8. The van der Waals surface area contributed by atoms with Crippen molar-refractivity contribution in [2.75, 3.05) is 24.1 Å². The molecule has 0 aliphatic heterocycles. The van der Waals surface area contributed by atoms with Gasteiger partial charge < -0.3 is 62.3 Å². The number of hydrogen-bond donors (Lipinski definition) is 12. The molecule has 3 rings (SSSR count). The molecule has 0 fully saturated rings. The lowest BCUT2D eigenvalue weighted by molar-refractivity contribution is -0.185. The molecule has 2 aromatic carbocycles. The summed E-state index contributed by atoms with van der Waals surface area (Å²) < 4.78 is 0. The molecule has 0 unspecified atom stereocenters. The number of benzene rings is 2. The zero-order valence-electron chi connectivity index (χ0n) is 18.4. The Labute approximate surface area is 206 Å². The second-order valence-corrected chi connectivity index (χ2v) is 8.63. The zero-order chi connectivity index (χ0) is 26.8. The van der Waals surface area contributed by atoms with E-state index in [4.69, 9.17) is 5.73 Å². The Morgan fingerprint density at radius 2 is 1.47 bits per heavy atom. The van der Waals surface area contributed by atoms with Crippen LogP contribution in [0.4, 0.5) is 10.8 Å². The summed E-state index contributed by atoms with van der Waals surface area (Å²) in [6, 6.07) is 5.11. The van der Waals surface area contributed by atoms with Crippen molar-refractivity contribution in [3.8, 4) is 28.7 Å². The van der Waals surface area contributed by atoms with Crippen molar-refractivity contribution in [2.45, 2.75) is 18.0 Å². The number of nitrogens with two attached hydrogens (primary N) is 1. The smallest absolute Gasteiger partial charge is 0.291 e. The monoisotopic (exact) mass is 524 g/mol. The number of aliphatic hydroxyl groups is 4. The number of carbonyl (C=O) groups excluding carboxylic acids is 1. The van der Waals surface area contributed by atoms with Crippen LogP contribution < -0.4 is 16.4 Å². The number of thiazole rings is 1. The molecule has 0 aliphatic rings. The Balaban J connectivity index is 1.59. The van der Waals surface area contributed by atoms with Crippen LogP contribution in [0.25, 0.3) is 0 Å². The van der Waals surface area contributed by atoms with Crippen LogP contribution in [0.1, 0.15) is 16.8 Å². The number of amides is 1. The summed E-state index contributed by atoms with van der Waals surface area (Å²) in [6.45, 7) is -0.490. The van der Waals surface area contributed by atoms with Crippen LogP contribution in [0, 0.1) is 0 Å². The highest BCUT2D eigenvalue weighted by Gasteiger charge is 2.38. The minimum absolute atomic E-state index is 0.00477. The third-order valence-electron chi connectivity index (χ3n) is 5.19. The fraction of sp³-hybridized carbons (Fsp3) is 0.238. The summed E-state index contributed by atoms with van der Waals surface area (Å²) in [5, 5.41) is 95.3. The Morgan fingerprint density at radius 3 is 2.00 bits per heavy atom. The van der Waals surface area contributed by atoms with E-state index in [1.807, 2.05) is 0 Å². The van der Waals surface area contributed by atoms with Gasteiger partial charge in [-0.15, -0.1) is 11.3 Å². The van der Waals surface area contributed by atoms with Crippen LogP contribution in [0.2, 0.25) is 0 Å². The van der Waals surface area contributed by atoms with Crippen molar-refractivity contribution in [1.29, 1.82) is 0 Å². The molecule has 1 heterocycles. The molecule has 36 heavy (non-hydrogen) atoms. The lowest BCUT2D eigenvalue weighted by atomic mass is 10.0. The molecule has 0 bridgehead atoms. The van der Waals surface area contributed by atoms with Gasteiger partial charge in [0.05, 0.1) is 6.54 Å². The minimum atomic E-state index is -2.94. The SMILES string of the molecule is Nc1nc(C(O)(O)C(=O)Nc2ccc(C(O)(O)CNCCc3c(O)c(O)c(O)c(O)c3O)cc2)cs1. The fourth-order valence-electron chi connectivity index (χ4n) is 3.15. The first-order valence-corrected chi connectivity index (χ1v) is 11.0. The second-order valence-electron chi connectivity index (χ2n) is 7.74. The number of nitrogen functional groups attached to an aromatic ring is 1. The van der Waals surface area contributed by atoms with Gasteiger partial charge in [-0.2, -0.15) is 0 Å². The number of phenols is 5. The molecule has 194 valence electrons. The number of rotatable bonds is 9. The maximum Gasteiger partial charge on any atom is 0.291 e. The Hall–Kier alpha value is -3.86. The third kappa shape index (κ3) is 5.35. The molecule has 14 nitrogen and oxygen atoms in total. The van der Waals surface area contributed by atoms with Crippen LogP contribution in [0.15, 0.2) is 29.6 Å². The number of hydrogen-bond acceptors (Lipinski definition) is 14. The number of aromatic nitrogens is 1. The normalized spacial score (nSPS) is 12.0. The van der Waals surface area contributed by atoms with E-state index in [1.165, 1.54) is 29.6 Å². The quantitative estimate of drug-likeness (QED) is 0.0694. The number of aromatic hydroxyl groups is 5. The number of nitrogens with zero attached hydrogens (tertiary/aromatic N) is 1. The van der Waals surface area contributed by atoms with Gasteiger partial charge >= 0.3 is 0 Å². The minimum Gasteiger partial charge on any atom is -0.504 e. The number of carbonyl (C=O) groups is 1. The van der Waals surface area contributed by atoms with Crippen LogP contribution >= 0.6 is 11.3 Å². The molecule has 15 heteroatoms. The molecule has 0 saturated carbocycles. The average Bonchev–Trinajstić information content (AvgIpc) is 3.28. The molecule has 0 spiro atoms. The molecule has 13 N–H and O–H groups in total. The molecule has 1 aromatic heterocycles. The molecular weight excluding hydrogens is 500 g/mol. The van der Waals surface area contributed by atoms with Gasteiger partial charge in [-0.1, -0.05) is 12.1 Å². The van der Waals surface area contributed by atoms with E-state index in [9.17, 15) is 50.8 Å². The predicted octanol–water partition coefficient (Wildman–Crippen LogP) is -1.00. The summed E-state index contributed by atoms with van der Waals surface area (Å²) in [5.41, 5.74) is 4.93. The average molecular weight is 525 g/mol. The summed E-state index contributed by atoms with van der Waals surface area (Å²) in [7, 11) is 0. The topological polar surface area (TPSA) is 262 Å². The lowest BCUT2D eigenvalue weighted by Gasteiger charge is -2.23. The van der Waals surface area contributed by atoms with E-state index in [-0.39, 0.29) is 40.6 Å². The van der Waals surface area contributed by atoms with Gasteiger partial charge in [0, 0.05) is 22.2 Å². The van der Waals surface area contributed by atoms with E-state index in [2.05, 4.69) is 15.6 Å². The number of anilines is 2. The molecular formula is C21H24N4O10S. The number of phenolic OH excluding ortho intramolecular Hbond substituents is 5.